The highest BCUT2D eigenvalue weighted by Crippen LogP contribution is 2.46. The van der Waals surface area contributed by atoms with Crippen molar-refractivity contribution < 1.29 is 0 Å². The summed E-state index contributed by atoms with van der Waals surface area (Å²) in [6, 6.07) is 96.3. The lowest BCUT2D eigenvalue weighted by molar-refractivity contribution is 0.591. The molecule has 0 spiro atoms. The SMILES string of the molecule is CCC(C)c1ccc2c(c1)c1cc(N(c3ccccc3)c3ccc4c(c3)c3cc(N(c5ccccc5)c5ccc6c(c5)c5cc(C(C)(C)C)ccc5n6-c5ccccc5)ccc3n4-c3ccccc3)ccc1n2-c1ccccc1. The van der Waals surface area contributed by atoms with Crippen LogP contribution in [0.5, 0.6) is 0 Å². The number of fused-ring (bicyclic) bond motifs is 9. The summed E-state index contributed by atoms with van der Waals surface area (Å²) in [5, 5.41) is 7.29. The molecular weight excluding hydrogens is 959 g/mol. The summed E-state index contributed by atoms with van der Waals surface area (Å²) in [4.78, 5) is 4.86. The summed E-state index contributed by atoms with van der Waals surface area (Å²) in [5.41, 5.74) is 19.7. The Kier molecular flexibility index (Phi) is 11.6. The fourth-order valence-electron chi connectivity index (χ4n) is 12.2. The van der Waals surface area contributed by atoms with Gasteiger partial charge in [0.2, 0.25) is 0 Å². The van der Waals surface area contributed by atoms with Crippen LogP contribution in [0.3, 0.4) is 0 Å². The Morgan fingerprint density at radius 2 is 0.608 bits per heavy atom. The van der Waals surface area contributed by atoms with Crippen molar-refractivity contribution in [2.45, 2.75) is 52.4 Å². The van der Waals surface area contributed by atoms with Crippen LogP contribution in [0, 0.1) is 0 Å². The van der Waals surface area contributed by atoms with Gasteiger partial charge in [0, 0.05) is 83.5 Å². The van der Waals surface area contributed by atoms with Gasteiger partial charge in [-0.1, -0.05) is 138 Å². The van der Waals surface area contributed by atoms with Crippen molar-refractivity contribution in [3.8, 4) is 17.1 Å². The minimum Gasteiger partial charge on any atom is -0.310 e. The number of benzene rings is 11. The Morgan fingerprint density at radius 3 is 0.937 bits per heavy atom. The molecule has 14 rings (SSSR count). The Bertz CT molecular complexity index is 4560. The lowest BCUT2D eigenvalue weighted by Crippen LogP contribution is -2.10. The molecule has 0 saturated heterocycles. The average Bonchev–Trinajstić information content (AvgIpc) is 4.32. The molecule has 0 aliphatic carbocycles. The third-order valence-corrected chi connectivity index (χ3v) is 16.4. The number of para-hydroxylation sites is 5. The first kappa shape index (κ1) is 47.8. The van der Waals surface area contributed by atoms with E-state index in [0.29, 0.717) is 5.92 Å². The maximum absolute atomic E-state index is 2.44. The highest BCUT2D eigenvalue weighted by molar-refractivity contribution is 6.15. The molecule has 3 aromatic heterocycles. The van der Waals surface area contributed by atoms with Crippen molar-refractivity contribution in [3.63, 3.8) is 0 Å². The minimum atomic E-state index is -0.00935. The molecule has 0 amide bonds. The molecule has 0 bridgehead atoms. The van der Waals surface area contributed by atoms with Crippen LogP contribution in [0.25, 0.3) is 82.5 Å². The second-order valence-corrected chi connectivity index (χ2v) is 22.2. The van der Waals surface area contributed by atoms with Crippen LogP contribution in [0.2, 0.25) is 0 Å². The Morgan fingerprint density at radius 1 is 0.316 bits per heavy atom. The maximum atomic E-state index is 2.44. The molecule has 1 unspecified atom stereocenters. The first-order chi connectivity index (χ1) is 38.7. The van der Waals surface area contributed by atoms with Crippen molar-refractivity contribution in [1.29, 1.82) is 0 Å². The molecule has 0 saturated carbocycles. The van der Waals surface area contributed by atoms with Gasteiger partial charge in [-0.25, -0.2) is 0 Å². The molecule has 14 aromatic rings. The Hall–Kier alpha value is -9.58. The molecule has 3 heterocycles. The van der Waals surface area contributed by atoms with Gasteiger partial charge in [-0.05, 0) is 187 Å². The first-order valence-corrected chi connectivity index (χ1v) is 27.8. The van der Waals surface area contributed by atoms with Crippen molar-refractivity contribution in [2.24, 2.45) is 0 Å². The summed E-state index contributed by atoms with van der Waals surface area (Å²) in [6.07, 6.45) is 1.08. The van der Waals surface area contributed by atoms with Crippen LogP contribution in [0.4, 0.5) is 34.1 Å². The van der Waals surface area contributed by atoms with Crippen LogP contribution in [-0.4, -0.2) is 13.7 Å². The van der Waals surface area contributed by atoms with Gasteiger partial charge in [0.05, 0.1) is 33.1 Å². The van der Waals surface area contributed by atoms with Gasteiger partial charge >= 0.3 is 0 Å². The van der Waals surface area contributed by atoms with Crippen LogP contribution in [-0.2, 0) is 5.41 Å². The van der Waals surface area contributed by atoms with E-state index in [4.69, 9.17) is 0 Å². The van der Waals surface area contributed by atoms with E-state index in [-0.39, 0.29) is 5.41 Å². The van der Waals surface area contributed by atoms with Gasteiger partial charge in [0.1, 0.15) is 0 Å². The molecule has 0 aliphatic heterocycles. The zero-order chi connectivity index (χ0) is 53.4. The largest absolute Gasteiger partial charge is 0.310 e. The second kappa shape index (κ2) is 19.2. The summed E-state index contributed by atoms with van der Waals surface area (Å²) < 4.78 is 7.26. The number of anilines is 6. The van der Waals surface area contributed by atoms with Crippen molar-refractivity contribution >= 4 is 99.5 Å². The number of hydrogen-bond acceptors (Lipinski definition) is 2. The molecular formula is C74H61N5. The van der Waals surface area contributed by atoms with Gasteiger partial charge in [-0.15, -0.1) is 0 Å². The number of aromatic nitrogens is 3. The summed E-state index contributed by atoms with van der Waals surface area (Å²) in [6.45, 7) is 11.5. The smallest absolute Gasteiger partial charge is 0.0542 e. The first-order valence-electron chi connectivity index (χ1n) is 27.8. The normalized spacial score (nSPS) is 12.4. The Labute approximate surface area is 462 Å². The predicted octanol–water partition coefficient (Wildman–Crippen LogP) is 20.7. The molecule has 5 nitrogen and oxygen atoms in total. The predicted molar refractivity (Wildman–Crippen MR) is 336 cm³/mol. The number of nitrogens with zero attached hydrogens (tertiary/aromatic N) is 5. The molecule has 0 fully saturated rings. The third kappa shape index (κ3) is 8.15. The Balaban J connectivity index is 0.982. The molecule has 79 heavy (non-hydrogen) atoms. The van der Waals surface area contributed by atoms with E-state index in [9.17, 15) is 0 Å². The molecule has 0 aliphatic rings. The molecule has 11 aromatic carbocycles. The van der Waals surface area contributed by atoms with E-state index in [1.165, 1.54) is 65.5 Å². The van der Waals surface area contributed by atoms with E-state index in [0.717, 1.165) is 68.6 Å². The lowest BCUT2D eigenvalue weighted by Gasteiger charge is -2.26. The lowest BCUT2D eigenvalue weighted by atomic mass is 9.86. The van der Waals surface area contributed by atoms with Gasteiger partial charge in [0.15, 0.2) is 0 Å². The minimum absolute atomic E-state index is 0.00935. The van der Waals surface area contributed by atoms with Gasteiger partial charge in [-0.3, -0.25) is 0 Å². The quantitative estimate of drug-likeness (QED) is 0.129. The van der Waals surface area contributed by atoms with Gasteiger partial charge in [-0.2, -0.15) is 0 Å². The number of rotatable bonds is 11. The van der Waals surface area contributed by atoms with E-state index in [1.807, 2.05) is 0 Å². The molecule has 0 radical (unpaired) electrons. The zero-order valence-corrected chi connectivity index (χ0v) is 45.3. The highest BCUT2D eigenvalue weighted by Gasteiger charge is 2.24. The van der Waals surface area contributed by atoms with Gasteiger partial charge in [0.25, 0.3) is 0 Å². The standard InChI is InChI=1S/C74H61N5/c1-6-50(2)51-32-38-68-62(44-51)64-46-58(34-40-70(64)77(68)55-26-16-9-17-27-55)75(53-22-12-7-13-23-53)60-36-42-72-66(48-60)67-49-61(37-43-73(67)79(72)57-30-20-11-21-31-57)76(54-24-14-8-15-25-54)59-35-41-71-65(47-59)63-45-52(74(3,4)5)33-39-69(63)78(71)56-28-18-10-19-29-56/h7-50H,6H2,1-5H3. The van der Waals surface area contributed by atoms with E-state index >= 15 is 0 Å². The molecule has 382 valence electrons. The van der Waals surface area contributed by atoms with Crippen LogP contribution in [0.15, 0.2) is 261 Å². The van der Waals surface area contributed by atoms with E-state index < -0.39 is 0 Å². The fourth-order valence-corrected chi connectivity index (χ4v) is 12.2. The topological polar surface area (TPSA) is 21.3 Å². The van der Waals surface area contributed by atoms with E-state index in [2.05, 4.69) is 319 Å². The van der Waals surface area contributed by atoms with Crippen molar-refractivity contribution in [1.82, 2.24) is 13.7 Å². The van der Waals surface area contributed by atoms with Crippen molar-refractivity contribution in [2.75, 3.05) is 9.80 Å². The zero-order valence-electron chi connectivity index (χ0n) is 45.3. The summed E-state index contributed by atoms with van der Waals surface area (Å²) in [5.74, 6) is 0.451. The van der Waals surface area contributed by atoms with Gasteiger partial charge < -0.3 is 23.5 Å². The fraction of sp³-hybridized carbons (Fsp3) is 0.108. The summed E-state index contributed by atoms with van der Waals surface area (Å²) >= 11 is 0. The molecule has 1 atom stereocenters. The van der Waals surface area contributed by atoms with Crippen LogP contribution >= 0.6 is 0 Å². The third-order valence-electron chi connectivity index (χ3n) is 16.4. The average molecular weight is 1020 g/mol. The van der Waals surface area contributed by atoms with Crippen LogP contribution in [0.1, 0.15) is 58.1 Å². The summed E-state index contributed by atoms with van der Waals surface area (Å²) in [7, 11) is 0. The molecule has 5 heteroatoms. The van der Waals surface area contributed by atoms with Crippen LogP contribution < -0.4 is 9.80 Å². The van der Waals surface area contributed by atoms with E-state index in [1.54, 1.807) is 0 Å². The maximum Gasteiger partial charge on any atom is 0.0542 e. The van der Waals surface area contributed by atoms with Crippen molar-refractivity contribution in [3.05, 3.63) is 272 Å². The highest BCUT2D eigenvalue weighted by atomic mass is 15.2. The molecule has 0 N–H and O–H groups in total. The monoisotopic (exact) mass is 1020 g/mol. The second-order valence-electron chi connectivity index (χ2n) is 22.2. The number of hydrogen-bond donors (Lipinski definition) is 0.